The number of carbonyl (C=O) groups is 1. The van der Waals surface area contributed by atoms with Gasteiger partial charge in [0, 0.05) is 7.05 Å². The summed E-state index contributed by atoms with van der Waals surface area (Å²) in [5, 5.41) is 0.00858. The summed E-state index contributed by atoms with van der Waals surface area (Å²) < 4.78 is 31.6. The van der Waals surface area contributed by atoms with E-state index >= 15 is 0 Å². The highest BCUT2D eigenvalue weighted by molar-refractivity contribution is 9.10. The second kappa shape index (κ2) is 9.79. The summed E-state index contributed by atoms with van der Waals surface area (Å²) in [4.78, 5) is 13.9. The van der Waals surface area contributed by atoms with Crippen molar-refractivity contribution in [2.75, 3.05) is 20.2 Å². The van der Waals surface area contributed by atoms with Crippen LogP contribution in [0.1, 0.15) is 41.5 Å². The maximum absolute atomic E-state index is 13.5. The molecule has 0 aromatic heterocycles. The zero-order chi connectivity index (χ0) is 22.6. The van der Waals surface area contributed by atoms with Gasteiger partial charge in [-0.3, -0.25) is 0 Å². The Labute approximate surface area is 184 Å². The molecule has 8 heteroatoms. The largest absolute Gasteiger partial charge is 0.491 e. The van der Waals surface area contributed by atoms with Gasteiger partial charge in [-0.1, -0.05) is 20.8 Å². The Morgan fingerprint density at radius 2 is 1.79 bits per heavy atom. The van der Waals surface area contributed by atoms with E-state index < -0.39 is 20.0 Å². The van der Waals surface area contributed by atoms with Crippen molar-refractivity contribution >= 4 is 30.3 Å². The number of halogens is 2. The molecule has 0 N–H and O–H groups in total. The Bertz CT molecular complexity index is 701. The van der Waals surface area contributed by atoms with E-state index in [1.807, 2.05) is 20.8 Å². The molecule has 0 bridgehead atoms. The van der Waals surface area contributed by atoms with Crippen LogP contribution >= 0.6 is 15.9 Å². The third kappa shape index (κ3) is 8.64. The minimum Gasteiger partial charge on any atom is -0.491 e. The molecular weight excluding hydrogens is 457 g/mol. The molecule has 1 aromatic carbocycles. The highest BCUT2D eigenvalue weighted by Crippen LogP contribution is 2.37. The first-order valence-electron chi connectivity index (χ1n) is 9.71. The van der Waals surface area contributed by atoms with E-state index in [1.54, 1.807) is 19.2 Å². The van der Waals surface area contributed by atoms with Crippen LogP contribution in [0.25, 0.3) is 0 Å². The van der Waals surface area contributed by atoms with Crippen LogP contribution < -0.4 is 4.74 Å². The maximum atomic E-state index is 13.5. The Kier molecular flexibility index (Phi) is 8.75. The number of carbonyl (C=O) groups excluding carboxylic acids is 1. The molecule has 1 amide bonds. The van der Waals surface area contributed by atoms with Gasteiger partial charge >= 0.3 is 6.09 Å². The minimum atomic E-state index is -2.10. The molecule has 0 saturated heterocycles. The first-order chi connectivity index (χ1) is 13.0. The molecule has 0 aliphatic heterocycles. The average molecular weight is 493 g/mol. The highest BCUT2D eigenvalue weighted by atomic mass is 79.9. The van der Waals surface area contributed by atoms with Crippen molar-refractivity contribution in [3.8, 4) is 5.75 Å². The molecule has 166 valence electrons. The van der Waals surface area contributed by atoms with Crippen molar-refractivity contribution in [1.82, 2.24) is 4.90 Å². The van der Waals surface area contributed by atoms with E-state index in [2.05, 4.69) is 49.8 Å². The molecule has 0 heterocycles. The Morgan fingerprint density at radius 1 is 1.21 bits per heavy atom. The predicted molar refractivity (Wildman–Crippen MR) is 121 cm³/mol. The Hall–Kier alpha value is -1.12. The zero-order valence-electron chi connectivity index (χ0n) is 19.1. The van der Waals surface area contributed by atoms with Crippen molar-refractivity contribution in [2.45, 2.75) is 71.4 Å². The molecule has 1 atom stereocenters. The SMILES string of the molecule is CN(CC(COc1ccc(F)c(Br)c1)O[Si](C)(C)C(C)(C)C)C(=O)OC(C)(C)C. The normalized spacial score (nSPS) is 13.8. The smallest absolute Gasteiger partial charge is 0.410 e. The molecule has 0 saturated carbocycles. The lowest BCUT2D eigenvalue weighted by atomic mass is 10.2. The van der Waals surface area contributed by atoms with Gasteiger partial charge in [0.05, 0.1) is 17.1 Å². The van der Waals surface area contributed by atoms with Crippen molar-refractivity contribution in [2.24, 2.45) is 0 Å². The van der Waals surface area contributed by atoms with Gasteiger partial charge in [-0.05, 0) is 73.0 Å². The fraction of sp³-hybridized carbons (Fsp3) is 0.667. The maximum Gasteiger partial charge on any atom is 0.410 e. The minimum absolute atomic E-state index is 0.00858. The average Bonchev–Trinajstić information content (AvgIpc) is 2.52. The van der Waals surface area contributed by atoms with Gasteiger partial charge in [-0.2, -0.15) is 0 Å². The summed E-state index contributed by atoms with van der Waals surface area (Å²) in [6, 6.07) is 4.49. The molecule has 5 nitrogen and oxygen atoms in total. The second-order valence-corrected chi connectivity index (χ2v) is 15.4. The first-order valence-corrected chi connectivity index (χ1v) is 13.4. The predicted octanol–water partition coefficient (Wildman–Crippen LogP) is 6.22. The fourth-order valence-corrected chi connectivity index (χ4v) is 3.88. The molecule has 0 aliphatic rings. The number of ether oxygens (including phenoxy) is 2. The van der Waals surface area contributed by atoms with E-state index in [9.17, 15) is 9.18 Å². The van der Waals surface area contributed by atoms with Crippen LogP contribution in [0.5, 0.6) is 5.75 Å². The van der Waals surface area contributed by atoms with E-state index in [4.69, 9.17) is 13.9 Å². The van der Waals surface area contributed by atoms with Crippen molar-refractivity contribution in [3.63, 3.8) is 0 Å². The third-order valence-electron chi connectivity index (χ3n) is 4.78. The topological polar surface area (TPSA) is 48.0 Å². The number of amides is 1. The molecule has 0 aliphatic carbocycles. The molecule has 0 radical (unpaired) electrons. The van der Waals surface area contributed by atoms with Crippen LogP contribution in [-0.2, 0) is 9.16 Å². The zero-order valence-corrected chi connectivity index (χ0v) is 21.6. The number of nitrogens with zero attached hydrogens (tertiary/aromatic N) is 1. The van der Waals surface area contributed by atoms with Gasteiger partial charge in [0.25, 0.3) is 0 Å². The van der Waals surface area contributed by atoms with Gasteiger partial charge in [0.1, 0.15) is 23.8 Å². The van der Waals surface area contributed by atoms with Gasteiger partial charge in [0.2, 0.25) is 0 Å². The summed E-state index contributed by atoms with van der Waals surface area (Å²) in [5.74, 6) is 0.179. The third-order valence-corrected chi connectivity index (χ3v) is 9.92. The lowest BCUT2D eigenvalue weighted by Gasteiger charge is -2.40. The van der Waals surface area contributed by atoms with Crippen LogP contribution in [0.15, 0.2) is 22.7 Å². The van der Waals surface area contributed by atoms with Crippen LogP contribution in [0.4, 0.5) is 9.18 Å². The number of hydrogen-bond acceptors (Lipinski definition) is 4. The van der Waals surface area contributed by atoms with Crippen LogP contribution in [0, 0.1) is 5.82 Å². The summed E-state index contributed by atoms with van der Waals surface area (Å²) in [7, 11) is -0.417. The van der Waals surface area contributed by atoms with Gasteiger partial charge in [0.15, 0.2) is 8.32 Å². The summed E-state index contributed by atoms with van der Waals surface area (Å²) in [6.45, 7) is 16.8. The lowest BCUT2D eigenvalue weighted by molar-refractivity contribution is 0.0172. The Balaban J connectivity index is 2.93. The molecule has 1 rings (SSSR count). The molecule has 1 aromatic rings. The van der Waals surface area contributed by atoms with Gasteiger partial charge in [-0.15, -0.1) is 0 Å². The van der Waals surface area contributed by atoms with Crippen LogP contribution in [0.3, 0.4) is 0 Å². The summed E-state index contributed by atoms with van der Waals surface area (Å²) in [5.41, 5.74) is -0.571. The van der Waals surface area contributed by atoms with E-state index in [0.717, 1.165) is 0 Å². The quantitative estimate of drug-likeness (QED) is 0.424. The fourth-order valence-electron chi connectivity index (χ4n) is 2.19. The molecule has 1 unspecified atom stereocenters. The van der Waals surface area contributed by atoms with Crippen molar-refractivity contribution in [3.05, 3.63) is 28.5 Å². The van der Waals surface area contributed by atoms with Crippen molar-refractivity contribution in [1.29, 1.82) is 0 Å². The molecular formula is C21H35BrFNO4Si. The van der Waals surface area contributed by atoms with E-state index in [-0.39, 0.29) is 23.6 Å². The number of rotatable bonds is 7. The molecule has 29 heavy (non-hydrogen) atoms. The molecule has 0 spiro atoms. The van der Waals surface area contributed by atoms with Crippen LogP contribution in [-0.4, -0.2) is 51.2 Å². The monoisotopic (exact) mass is 491 g/mol. The van der Waals surface area contributed by atoms with E-state index in [1.165, 1.54) is 11.0 Å². The summed E-state index contributed by atoms with van der Waals surface area (Å²) in [6.07, 6.45) is -0.761. The van der Waals surface area contributed by atoms with E-state index in [0.29, 0.717) is 16.8 Å². The van der Waals surface area contributed by atoms with Gasteiger partial charge < -0.3 is 18.8 Å². The first kappa shape index (κ1) is 25.9. The number of likely N-dealkylation sites (N-methyl/N-ethyl adjacent to an activating group) is 1. The second-order valence-electron chi connectivity index (χ2n) is 9.75. The van der Waals surface area contributed by atoms with Crippen molar-refractivity contribution < 1.29 is 23.1 Å². The van der Waals surface area contributed by atoms with Crippen LogP contribution in [0.2, 0.25) is 18.1 Å². The Morgan fingerprint density at radius 3 is 2.28 bits per heavy atom. The van der Waals surface area contributed by atoms with Gasteiger partial charge in [-0.25, -0.2) is 9.18 Å². The lowest BCUT2D eigenvalue weighted by Crippen LogP contribution is -2.49. The number of hydrogen-bond donors (Lipinski definition) is 0. The molecule has 0 fully saturated rings. The number of benzene rings is 1. The summed E-state index contributed by atoms with van der Waals surface area (Å²) >= 11 is 3.17. The highest BCUT2D eigenvalue weighted by Gasteiger charge is 2.40. The standard InChI is InChI=1S/C21H35BrFNO4Si/c1-20(2,3)27-19(25)24(7)13-16(28-29(8,9)21(4,5)6)14-26-15-10-11-18(23)17(22)12-15/h10-12,16H,13-14H2,1-9H3.